The standard InChI is InChI=1S/C18H16N4O2S/c1-10-14-12(8-5-9-13(14)23)19-15(10)16(24)20-18-22-21-17(25-18)11-6-3-2-4-7-11/h2-4,6-7,19H,5,8-9H2,1H3,(H,20,22,24). The van der Waals surface area contributed by atoms with E-state index in [0.29, 0.717) is 28.4 Å². The molecule has 0 atom stereocenters. The van der Waals surface area contributed by atoms with E-state index in [9.17, 15) is 9.59 Å². The van der Waals surface area contributed by atoms with Gasteiger partial charge in [0.25, 0.3) is 5.91 Å². The van der Waals surface area contributed by atoms with Gasteiger partial charge in [0.1, 0.15) is 10.7 Å². The number of carbonyl (C=O) groups is 2. The van der Waals surface area contributed by atoms with Gasteiger partial charge in [0, 0.05) is 23.2 Å². The number of ketones is 1. The highest BCUT2D eigenvalue weighted by atomic mass is 32.1. The van der Waals surface area contributed by atoms with Crippen molar-refractivity contribution >= 4 is 28.2 Å². The number of H-pyrrole nitrogens is 1. The van der Waals surface area contributed by atoms with Crippen molar-refractivity contribution in [1.29, 1.82) is 0 Å². The molecule has 0 radical (unpaired) electrons. The summed E-state index contributed by atoms with van der Waals surface area (Å²) in [5.74, 6) is -0.188. The van der Waals surface area contributed by atoms with Crippen molar-refractivity contribution in [1.82, 2.24) is 15.2 Å². The fraction of sp³-hybridized carbons (Fsp3) is 0.222. The summed E-state index contributed by atoms with van der Waals surface area (Å²) in [6.45, 7) is 1.81. The van der Waals surface area contributed by atoms with Crippen molar-refractivity contribution in [2.24, 2.45) is 0 Å². The number of aryl methyl sites for hydroxylation is 1. The van der Waals surface area contributed by atoms with Crippen molar-refractivity contribution in [2.45, 2.75) is 26.2 Å². The molecule has 2 heterocycles. The largest absolute Gasteiger partial charge is 0.354 e. The molecule has 1 aliphatic carbocycles. The number of amides is 1. The van der Waals surface area contributed by atoms with Crippen LogP contribution in [0.3, 0.4) is 0 Å². The maximum atomic E-state index is 12.6. The number of carbonyl (C=O) groups excluding carboxylic acids is 2. The van der Waals surface area contributed by atoms with Crippen LogP contribution in [0.4, 0.5) is 5.13 Å². The number of anilines is 1. The number of rotatable bonds is 3. The van der Waals surface area contributed by atoms with Crippen LogP contribution in [0.5, 0.6) is 0 Å². The fourth-order valence-electron chi connectivity index (χ4n) is 3.13. The van der Waals surface area contributed by atoms with Crippen LogP contribution in [0, 0.1) is 6.92 Å². The Morgan fingerprint density at radius 2 is 2.00 bits per heavy atom. The molecule has 25 heavy (non-hydrogen) atoms. The summed E-state index contributed by atoms with van der Waals surface area (Å²) >= 11 is 1.32. The number of fused-ring (bicyclic) bond motifs is 1. The van der Waals surface area contributed by atoms with Gasteiger partial charge in [0.15, 0.2) is 5.78 Å². The monoisotopic (exact) mass is 352 g/mol. The average molecular weight is 352 g/mol. The molecule has 0 unspecified atom stereocenters. The van der Waals surface area contributed by atoms with Gasteiger partial charge >= 0.3 is 0 Å². The Labute approximate surface area is 148 Å². The molecule has 2 N–H and O–H groups in total. The third-order valence-corrected chi connectivity index (χ3v) is 5.22. The molecule has 1 aliphatic rings. The molecule has 6 nitrogen and oxygen atoms in total. The van der Waals surface area contributed by atoms with Crippen LogP contribution in [0.1, 0.15) is 44.9 Å². The van der Waals surface area contributed by atoms with Gasteiger partial charge in [-0.3, -0.25) is 14.9 Å². The van der Waals surface area contributed by atoms with Crippen molar-refractivity contribution in [3.63, 3.8) is 0 Å². The van der Waals surface area contributed by atoms with E-state index in [4.69, 9.17) is 0 Å². The molecular weight excluding hydrogens is 336 g/mol. The van der Waals surface area contributed by atoms with E-state index in [1.54, 1.807) is 0 Å². The number of nitrogens with zero attached hydrogens (tertiary/aromatic N) is 2. The molecule has 0 saturated heterocycles. The second-order valence-corrected chi connectivity index (χ2v) is 6.97. The minimum atomic E-state index is -0.296. The van der Waals surface area contributed by atoms with Crippen LogP contribution >= 0.6 is 11.3 Å². The molecule has 0 fully saturated rings. The summed E-state index contributed by atoms with van der Waals surface area (Å²) in [6, 6.07) is 9.68. The van der Waals surface area contributed by atoms with Crippen LogP contribution in [0.2, 0.25) is 0 Å². The zero-order valence-corrected chi connectivity index (χ0v) is 14.4. The van der Waals surface area contributed by atoms with E-state index < -0.39 is 0 Å². The number of aromatic nitrogens is 3. The lowest BCUT2D eigenvalue weighted by Gasteiger charge is -2.09. The second-order valence-electron chi connectivity index (χ2n) is 5.99. The topological polar surface area (TPSA) is 87.7 Å². The number of hydrogen-bond acceptors (Lipinski definition) is 5. The highest BCUT2D eigenvalue weighted by Gasteiger charge is 2.26. The zero-order chi connectivity index (χ0) is 17.4. The average Bonchev–Trinajstić information content (AvgIpc) is 3.21. The molecule has 1 aromatic carbocycles. The van der Waals surface area contributed by atoms with E-state index in [0.717, 1.165) is 29.1 Å². The minimum Gasteiger partial charge on any atom is -0.354 e. The molecule has 126 valence electrons. The number of benzene rings is 1. The highest BCUT2D eigenvalue weighted by Crippen LogP contribution is 2.29. The zero-order valence-electron chi connectivity index (χ0n) is 13.6. The first-order valence-corrected chi connectivity index (χ1v) is 8.90. The van der Waals surface area contributed by atoms with Gasteiger partial charge in [0.05, 0.1) is 0 Å². The summed E-state index contributed by atoms with van der Waals surface area (Å²) < 4.78 is 0. The first-order chi connectivity index (χ1) is 12.1. The summed E-state index contributed by atoms with van der Waals surface area (Å²) in [5.41, 5.74) is 3.64. The number of nitrogens with one attached hydrogen (secondary N) is 2. The lowest BCUT2D eigenvalue weighted by Crippen LogP contribution is -2.13. The van der Waals surface area contributed by atoms with Crippen molar-refractivity contribution in [3.05, 3.63) is 52.8 Å². The van der Waals surface area contributed by atoms with Crippen LogP contribution in [0.25, 0.3) is 10.6 Å². The van der Waals surface area contributed by atoms with E-state index in [-0.39, 0.29) is 11.7 Å². The third-order valence-electron chi connectivity index (χ3n) is 4.33. The number of hydrogen-bond donors (Lipinski definition) is 2. The lowest BCUT2D eigenvalue weighted by atomic mass is 9.94. The molecule has 7 heteroatoms. The molecule has 0 bridgehead atoms. The predicted molar refractivity (Wildman–Crippen MR) is 96.1 cm³/mol. The Bertz CT molecular complexity index is 959. The molecule has 0 spiro atoms. The summed E-state index contributed by atoms with van der Waals surface area (Å²) in [7, 11) is 0. The second kappa shape index (κ2) is 6.25. The van der Waals surface area contributed by atoms with E-state index in [2.05, 4.69) is 20.5 Å². The smallest absolute Gasteiger partial charge is 0.274 e. The Balaban J connectivity index is 1.57. The third kappa shape index (κ3) is 2.87. The predicted octanol–water partition coefficient (Wildman–Crippen LogP) is 3.61. The van der Waals surface area contributed by atoms with Gasteiger partial charge in [-0.25, -0.2) is 0 Å². The Hall–Kier alpha value is -2.80. The number of aromatic amines is 1. The maximum Gasteiger partial charge on any atom is 0.274 e. The van der Waals surface area contributed by atoms with Gasteiger partial charge < -0.3 is 4.98 Å². The van der Waals surface area contributed by atoms with E-state index >= 15 is 0 Å². The Kier molecular flexibility index (Phi) is 3.93. The molecular formula is C18H16N4O2S. The van der Waals surface area contributed by atoms with Crippen LogP contribution in [-0.4, -0.2) is 26.9 Å². The minimum absolute atomic E-state index is 0.108. The van der Waals surface area contributed by atoms with Gasteiger partial charge in [-0.1, -0.05) is 41.7 Å². The van der Waals surface area contributed by atoms with Crippen molar-refractivity contribution in [2.75, 3.05) is 5.32 Å². The Morgan fingerprint density at radius 1 is 1.20 bits per heavy atom. The van der Waals surface area contributed by atoms with Gasteiger partial charge in [-0.15, -0.1) is 10.2 Å². The lowest BCUT2D eigenvalue weighted by molar-refractivity contribution is 0.0971. The summed E-state index contributed by atoms with van der Waals surface area (Å²) in [5, 5.41) is 12.1. The van der Waals surface area contributed by atoms with E-state index in [1.165, 1.54) is 11.3 Å². The molecule has 3 aromatic rings. The normalized spacial score (nSPS) is 13.6. The SMILES string of the molecule is Cc1c(C(=O)Nc2nnc(-c3ccccc3)s2)[nH]c2c1C(=O)CCC2. The fourth-order valence-corrected chi connectivity index (χ4v) is 3.88. The molecule has 2 aromatic heterocycles. The van der Waals surface area contributed by atoms with E-state index in [1.807, 2.05) is 37.3 Å². The molecule has 4 rings (SSSR count). The van der Waals surface area contributed by atoms with Crippen LogP contribution < -0.4 is 5.32 Å². The van der Waals surface area contributed by atoms with Crippen molar-refractivity contribution < 1.29 is 9.59 Å². The van der Waals surface area contributed by atoms with Crippen LogP contribution in [0.15, 0.2) is 30.3 Å². The molecule has 0 saturated carbocycles. The van der Waals surface area contributed by atoms with Crippen molar-refractivity contribution in [3.8, 4) is 10.6 Å². The number of Topliss-reactive ketones (excluding diaryl/α,β-unsaturated/α-hetero) is 1. The maximum absolute atomic E-state index is 12.6. The molecule has 0 aliphatic heterocycles. The van der Waals surface area contributed by atoms with Gasteiger partial charge in [-0.05, 0) is 25.3 Å². The first-order valence-electron chi connectivity index (χ1n) is 8.08. The highest BCUT2D eigenvalue weighted by molar-refractivity contribution is 7.18. The first kappa shape index (κ1) is 15.7. The van der Waals surface area contributed by atoms with Gasteiger partial charge in [-0.2, -0.15) is 0 Å². The quantitative estimate of drug-likeness (QED) is 0.754. The molecule has 1 amide bonds. The summed E-state index contributed by atoms with van der Waals surface area (Å²) in [6.07, 6.45) is 2.17. The van der Waals surface area contributed by atoms with Crippen LogP contribution in [-0.2, 0) is 6.42 Å². The van der Waals surface area contributed by atoms with Gasteiger partial charge in [0.2, 0.25) is 5.13 Å². The Morgan fingerprint density at radius 3 is 2.76 bits per heavy atom. The summed E-state index contributed by atoms with van der Waals surface area (Å²) in [4.78, 5) is 27.8.